The van der Waals surface area contributed by atoms with Crippen LogP contribution in [0, 0.1) is 0 Å². The van der Waals surface area contributed by atoms with Gasteiger partial charge >= 0.3 is 5.97 Å². The van der Waals surface area contributed by atoms with Gasteiger partial charge < -0.3 is 10.4 Å². The Morgan fingerprint density at radius 2 is 2.07 bits per heavy atom. The van der Waals surface area contributed by atoms with E-state index in [-0.39, 0.29) is 5.91 Å². The van der Waals surface area contributed by atoms with Gasteiger partial charge in [-0.3, -0.25) is 4.79 Å². The smallest absolute Gasteiger partial charge is 0.327 e. The molecular weight excluding hydrogens is 214 g/mol. The van der Waals surface area contributed by atoms with Gasteiger partial charge in [-0.25, -0.2) is 4.79 Å². The van der Waals surface area contributed by atoms with E-state index in [2.05, 4.69) is 5.32 Å². The summed E-state index contributed by atoms with van der Waals surface area (Å²) in [6.45, 7) is 1.34. The summed E-state index contributed by atoms with van der Waals surface area (Å²) in [5.41, 5.74) is 0. The molecular formula is C10H17NO3S. The maximum absolute atomic E-state index is 10.8. The van der Waals surface area contributed by atoms with Crippen molar-refractivity contribution < 1.29 is 14.7 Å². The van der Waals surface area contributed by atoms with E-state index in [1.807, 2.05) is 0 Å². The Morgan fingerprint density at radius 3 is 2.53 bits per heavy atom. The summed E-state index contributed by atoms with van der Waals surface area (Å²) in [5.74, 6) is -0.760. The molecule has 1 amide bonds. The van der Waals surface area contributed by atoms with Gasteiger partial charge in [-0.1, -0.05) is 12.8 Å². The van der Waals surface area contributed by atoms with Crippen LogP contribution in [0.2, 0.25) is 0 Å². The number of rotatable bonds is 5. The molecule has 2 N–H and O–H groups in total. The fraction of sp³-hybridized carbons (Fsp3) is 0.800. The first-order chi connectivity index (χ1) is 7.09. The second-order valence-corrected chi connectivity index (χ2v) is 5.16. The minimum absolute atomic E-state index is 0.283. The van der Waals surface area contributed by atoms with Crippen molar-refractivity contribution in [2.24, 2.45) is 0 Å². The molecule has 1 saturated carbocycles. The Kier molecular flexibility index (Phi) is 4.94. The Hall–Kier alpha value is -0.710. The zero-order chi connectivity index (χ0) is 11.3. The standard InChI is InChI=1S/C10H17NO3S/c1-7(12)11-9(10(13)14)6-15-8-4-2-3-5-8/h8-9H,2-6H2,1H3,(H,11,12)(H,13,14)/t9-/m0/s1. The van der Waals surface area contributed by atoms with Crippen molar-refractivity contribution in [1.29, 1.82) is 0 Å². The lowest BCUT2D eigenvalue weighted by molar-refractivity contribution is -0.140. The second kappa shape index (κ2) is 6.00. The number of thioether (sulfide) groups is 1. The van der Waals surface area contributed by atoms with Crippen LogP contribution >= 0.6 is 11.8 Å². The third-order valence-electron chi connectivity index (χ3n) is 2.48. The van der Waals surface area contributed by atoms with E-state index in [1.165, 1.54) is 32.6 Å². The van der Waals surface area contributed by atoms with E-state index in [0.717, 1.165) is 0 Å². The van der Waals surface area contributed by atoms with Crippen LogP contribution in [0.15, 0.2) is 0 Å². The average Bonchev–Trinajstić information content (AvgIpc) is 2.63. The highest BCUT2D eigenvalue weighted by molar-refractivity contribution is 8.00. The summed E-state index contributed by atoms with van der Waals surface area (Å²) in [4.78, 5) is 21.6. The number of carboxylic acids is 1. The lowest BCUT2D eigenvalue weighted by atomic mass is 10.3. The van der Waals surface area contributed by atoms with Crippen molar-refractivity contribution in [1.82, 2.24) is 5.32 Å². The molecule has 15 heavy (non-hydrogen) atoms. The number of carbonyl (C=O) groups is 2. The quantitative estimate of drug-likeness (QED) is 0.747. The Labute approximate surface area is 93.8 Å². The van der Waals surface area contributed by atoms with Gasteiger partial charge in [0.25, 0.3) is 0 Å². The Morgan fingerprint density at radius 1 is 1.47 bits per heavy atom. The maximum Gasteiger partial charge on any atom is 0.327 e. The first-order valence-corrected chi connectivity index (χ1v) is 6.26. The van der Waals surface area contributed by atoms with Gasteiger partial charge in [0.05, 0.1) is 0 Å². The third-order valence-corrected chi connectivity index (χ3v) is 3.94. The summed E-state index contributed by atoms with van der Waals surface area (Å²) in [7, 11) is 0. The van der Waals surface area contributed by atoms with Crippen molar-refractivity contribution >= 4 is 23.6 Å². The van der Waals surface area contributed by atoms with Crippen LogP contribution in [0.1, 0.15) is 32.6 Å². The van der Waals surface area contributed by atoms with E-state index in [1.54, 1.807) is 11.8 Å². The molecule has 0 spiro atoms. The number of nitrogens with one attached hydrogen (secondary N) is 1. The molecule has 0 aromatic rings. The van der Waals surface area contributed by atoms with Crippen molar-refractivity contribution in [2.45, 2.75) is 43.9 Å². The van der Waals surface area contributed by atoms with Crippen LogP contribution in [0.4, 0.5) is 0 Å². The van der Waals surface area contributed by atoms with Crippen LogP contribution in [0.25, 0.3) is 0 Å². The van der Waals surface area contributed by atoms with Gasteiger partial charge in [0.15, 0.2) is 0 Å². The van der Waals surface area contributed by atoms with Crippen LogP contribution in [-0.2, 0) is 9.59 Å². The third kappa shape index (κ3) is 4.55. The second-order valence-electron chi connectivity index (χ2n) is 3.83. The minimum Gasteiger partial charge on any atom is -0.480 e. The summed E-state index contributed by atoms with van der Waals surface area (Å²) in [6.07, 6.45) is 4.85. The molecule has 0 aromatic carbocycles. The lowest BCUT2D eigenvalue weighted by Crippen LogP contribution is -2.41. The molecule has 0 bridgehead atoms. The highest BCUT2D eigenvalue weighted by Gasteiger charge is 2.22. The summed E-state index contributed by atoms with van der Waals surface area (Å²) >= 11 is 1.67. The lowest BCUT2D eigenvalue weighted by Gasteiger charge is -2.15. The molecule has 1 rings (SSSR count). The molecule has 0 saturated heterocycles. The topological polar surface area (TPSA) is 66.4 Å². The van der Waals surface area contributed by atoms with Gasteiger partial charge in [-0.05, 0) is 12.8 Å². The minimum atomic E-state index is -0.948. The maximum atomic E-state index is 10.8. The molecule has 86 valence electrons. The number of amides is 1. The summed E-state index contributed by atoms with van der Waals surface area (Å²) in [6, 6.07) is -0.743. The molecule has 1 aliphatic rings. The van der Waals surface area contributed by atoms with E-state index >= 15 is 0 Å². The van der Waals surface area contributed by atoms with Crippen LogP contribution < -0.4 is 5.32 Å². The average molecular weight is 231 g/mol. The molecule has 1 fully saturated rings. The first kappa shape index (κ1) is 12.4. The van der Waals surface area contributed by atoms with Crippen LogP contribution in [-0.4, -0.2) is 34.0 Å². The van der Waals surface area contributed by atoms with Crippen molar-refractivity contribution in [3.63, 3.8) is 0 Å². The first-order valence-electron chi connectivity index (χ1n) is 5.21. The van der Waals surface area contributed by atoms with Crippen LogP contribution in [0.5, 0.6) is 0 Å². The SMILES string of the molecule is CC(=O)N[C@@H](CSC1CCCC1)C(=O)O. The van der Waals surface area contributed by atoms with Gasteiger partial charge in [0.1, 0.15) is 6.04 Å². The van der Waals surface area contributed by atoms with E-state index < -0.39 is 12.0 Å². The normalized spacial score (nSPS) is 18.7. The Bertz CT molecular complexity index is 239. The molecule has 1 atom stereocenters. The summed E-state index contributed by atoms with van der Waals surface area (Å²) < 4.78 is 0. The number of hydrogen-bond donors (Lipinski definition) is 2. The molecule has 5 heteroatoms. The number of hydrogen-bond acceptors (Lipinski definition) is 3. The van der Waals surface area contributed by atoms with Gasteiger partial charge in [-0.2, -0.15) is 11.8 Å². The van der Waals surface area contributed by atoms with Gasteiger partial charge in [0.2, 0.25) is 5.91 Å². The largest absolute Gasteiger partial charge is 0.480 e. The zero-order valence-corrected chi connectivity index (χ0v) is 9.68. The fourth-order valence-corrected chi connectivity index (χ4v) is 3.06. The van der Waals surface area contributed by atoms with Crippen LogP contribution in [0.3, 0.4) is 0 Å². The highest BCUT2D eigenvalue weighted by Crippen LogP contribution is 2.29. The fourth-order valence-electron chi connectivity index (χ4n) is 1.71. The number of aliphatic carboxylic acids is 1. The predicted octanol–water partition coefficient (Wildman–Crippen LogP) is 1.25. The molecule has 0 heterocycles. The molecule has 1 aliphatic carbocycles. The Balaban J connectivity index is 2.30. The molecule has 0 aromatic heterocycles. The highest BCUT2D eigenvalue weighted by atomic mass is 32.2. The number of carbonyl (C=O) groups excluding carboxylic acids is 1. The van der Waals surface area contributed by atoms with E-state index in [4.69, 9.17) is 5.11 Å². The zero-order valence-electron chi connectivity index (χ0n) is 8.86. The van der Waals surface area contributed by atoms with Crippen molar-refractivity contribution in [2.75, 3.05) is 5.75 Å². The van der Waals surface area contributed by atoms with Crippen molar-refractivity contribution in [3.05, 3.63) is 0 Å². The van der Waals surface area contributed by atoms with Crippen molar-refractivity contribution in [3.8, 4) is 0 Å². The molecule has 0 aliphatic heterocycles. The summed E-state index contributed by atoms with van der Waals surface area (Å²) in [5, 5.41) is 11.9. The van der Waals surface area contributed by atoms with Gasteiger partial charge in [0, 0.05) is 17.9 Å². The molecule has 4 nitrogen and oxygen atoms in total. The predicted molar refractivity (Wildman–Crippen MR) is 60.0 cm³/mol. The molecule has 0 radical (unpaired) electrons. The number of carboxylic acid groups (broad SMARTS) is 1. The van der Waals surface area contributed by atoms with E-state index in [9.17, 15) is 9.59 Å². The monoisotopic (exact) mass is 231 g/mol. The molecule has 0 unspecified atom stereocenters. The van der Waals surface area contributed by atoms with E-state index in [0.29, 0.717) is 11.0 Å². The van der Waals surface area contributed by atoms with Gasteiger partial charge in [-0.15, -0.1) is 0 Å².